The predicted molar refractivity (Wildman–Crippen MR) is 146 cm³/mol. The lowest BCUT2D eigenvalue weighted by Crippen LogP contribution is -2.17. The molecule has 3 aromatic carbocycles. The lowest BCUT2D eigenvalue weighted by molar-refractivity contribution is 0.0955. The van der Waals surface area contributed by atoms with E-state index in [9.17, 15) is 4.79 Å². The molecule has 0 radical (unpaired) electrons. The van der Waals surface area contributed by atoms with Gasteiger partial charge in [-0.3, -0.25) is 4.79 Å². The van der Waals surface area contributed by atoms with Gasteiger partial charge < -0.3 is 14.8 Å². The van der Waals surface area contributed by atoms with Crippen LogP contribution in [-0.2, 0) is 0 Å². The summed E-state index contributed by atoms with van der Waals surface area (Å²) < 4.78 is 11.2. The number of carbonyl (C=O) groups is 1. The average molecular weight is 501 g/mol. The van der Waals surface area contributed by atoms with E-state index in [1.807, 2.05) is 61.7 Å². The van der Waals surface area contributed by atoms with Gasteiger partial charge in [-0.1, -0.05) is 29.8 Å². The second-order valence-electron chi connectivity index (χ2n) is 7.88. The molecule has 1 heterocycles. The minimum Gasteiger partial charge on any atom is -0.490 e. The Balaban J connectivity index is 1.36. The molecule has 0 saturated heterocycles. The van der Waals surface area contributed by atoms with Crippen molar-refractivity contribution in [3.8, 4) is 22.8 Å². The third-order valence-corrected chi connectivity index (χ3v) is 5.95. The van der Waals surface area contributed by atoms with Crippen LogP contribution >= 0.6 is 11.3 Å². The molecule has 0 spiro atoms. The van der Waals surface area contributed by atoms with Gasteiger partial charge in [-0.15, -0.1) is 11.3 Å². The highest BCUT2D eigenvalue weighted by atomic mass is 32.1. The molecule has 184 valence electrons. The second-order valence-corrected chi connectivity index (χ2v) is 8.74. The van der Waals surface area contributed by atoms with Crippen LogP contribution in [-0.4, -0.2) is 30.3 Å². The molecular weight excluding hydrogens is 472 g/mol. The van der Waals surface area contributed by atoms with Crippen molar-refractivity contribution in [2.24, 2.45) is 5.10 Å². The molecule has 0 bridgehead atoms. The molecule has 8 heteroatoms. The number of rotatable bonds is 10. The summed E-state index contributed by atoms with van der Waals surface area (Å²) in [5.41, 5.74) is 7.84. The van der Waals surface area contributed by atoms with Crippen molar-refractivity contribution < 1.29 is 14.3 Å². The molecule has 4 aromatic rings. The predicted octanol–water partition coefficient (Wildman–Crippen LogP) is 6.42. The SMILES string of the molecule is CCOc1ccc(/C=N/NC(=O)c2ccc(-c3csc(Nc4ccc(C)cc4)n3)cc2)cc1OCC. The zero-order chi connectivity index (χ0) is 25.3. The fourth-order valence-corrected chi connectivity index (χ4v) is 4.13. The van der Waals surface area contributed by atoms with Gasteiger partial charge in [-0.25, -0.2) is 10.4 Å². The molecule has 0 fully saturated rings. The van der Waals surface area contributed by atoms with Crippen molar-refractivity contribution in [3.63, 3.8) is 0 Å². The minimum atomic E-state index is -0.297. The number of amides is 1. The number of hydrogen-bond donors (Lipinski definition) is 2. The first kappa shape index (κ1) is 24.9. The zero-order valence-corrected chi connectivity index (χ0v) is 21.3. The fraction of sp³-hybridized carbons (Fsp3) is 0.179. The standard InChI is InChI=1S/C28H28N4O3S/c1-4-34-25-15-8-20(16-26(25)35-5-2)17-29-32-27(33)22-11-9-21(10-12-22)24-18-36-28(31-24)30-23-13-6-19(3)7-14-23/h6-18H,4-5H2,1-3H3,(H,30,31)(H,32,33)/b29-17+. The summed E-state index contributed by atoms with van der Waals surface area (Å²) in [6.45, 7) is 6.97. The van der Waals surface area contributed by atoms with Crippen molar-refractivity contribution in [1.29, 1.82) is 0 Å². The van der Waals surface area contributed by atoms with E-state index in [0.29, 0.717) is 30.3 Å². The van der Waals surface area contributed by atoms with Gasteiger partial charge in [0, 0.05) is 22.2 Å². The number of thiazole rings is 1. The van der Waals surface area contributed by atoms with Gasteiger partial charge in [0.2, 0.25) is 0 Å². The Labute approximate surface area is 214 Å². The van der Waals surface area contributed by atoms with Crippen LogP contribution in [0.5, 0.6) is 11.5 Å². The van der Waals surface area contributed by atoms with E-state index in [2.05, 4.69) is 39.9 Å². The second kappa shape index (κ2) is 12.0. The minimum absolute atomic E-state index is 0.297. The highest BCUT2D eigenvalue weighted by molar-refractivity contribution is 7.14. The van der Waals surface area contributed by atoms with Crippen LogP contribution in [0.4, 0.5) is 10.8 Å². The van der Waals surface area contributed by atoms with E-state index in [1.54, 1.807) is 18.3 Å². The summed E-state index contributed by atoms with van der Waals surface area (Å²) in [4.78, 5) is 17.2. The molecule has 0 aliphatic carbocycles. The van der Waals surface area contributed by atoms with Crippen LogP contribution in [0.1, 0.15) is 35.3 Å². The number of benzene rings is 3. The number of hydrogen-bond acceptors (Lipinski definition) is 7. The number of carbonyl (C=O) groups excluding carboxylic acids is 1. The molecule has 0 atom stereocenters. The highest BCUT2D eigenvalue weighted by Gasteiger charge is 2.09. The maximum atomic E-state index is 12.5. The molecule has 1 aromatic heterocycles. The van der Waals surface area contributed by atoms with Crippen molar-refractivity contribution >= 4 is 34.3 Å². The molecule has 0 unspecified atom stereocenters. The van der Waals surface area contributed by atoms with Crippen LogP contribution < -0.4 is 20.2 Å². The van der Waals surface area contributed by atoms with Crippen LogP contribution in [0.3, 0.4) is 0 Å². The molecule has 0 aliphatic heterocycles. The number of nitrogens with zero attached hydrogens (tertiary/aromatic N) is 2. The van der Waals surface area contributed by atoms with Crippen LogP contribution in [0, 0.1) is 6.92 Å². The van der Waals surface area contributed by atoms with Gasteiger partial charge in [0.25, 0.3) is 5.91 Å². The molecular formula is C28H28N4O3S. The Hall–Kier alpha value is -4.17. The Morgan fingerprint density at radius 2 is 1.69 bits per heavy atom. The first-order chi connectivity index (χ1) is 17.6. The monoisotopic (exact) mass is 500 g/mol. The quantitative estimate of drug-likeness (QED) is 0.194. The maximum Gasteiger partial charge on any atom is 0.271 e. The smallest absolute Gasteiger partial charge is 0.271 e. The van der Waals surface area contributed by atoms with E-state index < -0.39 is 0 Å². The van der Waals surface area contributed by atoms with Gasteiger partial charge in [-0.05, 0) is 68.8 Å². The van der Waals surface area contributed by atoms with Crippen molar-refractivity contribution in [3.05, 3.63) is 88.8 Å². The number of hydrazone groups is 1. The van der Waals surface area contributed by atoms with E-state index in [1.165, 1.54) is 16.9 Å². The molecule has 0 aliphatic rings. The molecule has 1 amide bonds. The van der Waals surface area contributed by atoms with Gasteiger partial charge >= 0.3 is 0 Å². The molecule has 0 saturated carbocycles. The first-order valence-electron chi connectivity index (χ1n) is 11.7. The summed E-state index contributed by atoms with van der Waals surface area (Å²) in [6, 6.07) is 21.0. The average Bonchev–Trinajstić information content (AvgIpc) is 3.36. The maximum absolute atomic E-state index is 12.5. The summed E-state index contributed by atoms with van der Waals surface area (Å²) in [7, 11) is 0. The van der Waals surface area contributed by atoms with Gasteiger partial charge in [0.05, 0.1) is 25.1 Å². The molecule has 36 heavy (non-hydrogen) atoms. The lowest BCUT2D eigenvalue weighted by Gasteiger charge is -2.11. The number of aromatic nitrogens is 1. The van der Waals surface area contributed by atoms with Crippen molar-refractivity contribution in [2.75, 3.05) is 18.5 Å². The summed E-state index contributed by atoms with van der Waals surface area (Å²) in [6.07, 6.45) is 1.57. The van der Waals surface area contributed by atoms with Gasteiger partial charge in [-0.2, -0.15) is 5.10 Å². The third kappa shape index (κ3) is 6.49. The topological polar surface area (TPSA) is 84.8 Å². The van der Waals surface area contributed by atoms with Crippen molar-refractivity contribution in [2.45, 2.75) is 20.8 Å². The Bertz CT molecular complexity index is 1330. The summed E-state index contributed by atoms with van der Waals surface area (Å²) in [5, 5.41) is 10.2. The van der Waals surface area contributed by atoms with Gasteiger partial charge in [0.1, 0.15) is 0 Å². The summed E-state index contributed by atoms with van der Waals surface area (Å²) in [5.74, 6) is 1.03. The van der Waals surface area contributed by atoms with E-state index in [0.717, 1.165) is 27.6 Å². The number of ether oxygens (including phenoxy) is 2. The first-order valence-corrected chi connectivity index (χ1v) is 12.6. The summed E-state index contributed by atoms with van der Waals surface area (Å²) >= 11 is 1.53. The van der Waals surface area contributed by atoms with E-state index in [-0.39, 0.29) is 5.91 Å². The van der Waals surface area contributed by atoms with Gasteiger partial charge in [0.15, 0.2) is 16.6 Å². The van der Waals surface area contributed by atoms with E-state index >= 15 is 0 Å². The lowest BCUT2D eigenvalue weighted by atomic mass is 10.1. The Morgan fingerprint density at radius 3 is 2.42 bits per heavy atom. The number of aryl methyl sites for hydroxylation is 1. The number of nitrogens with one attached hydrogen (secondary N) is 2. The number of anilines is 2. The van der Waals surface area contributed by atoms with E-state index in [4.69, 9.17) is 9.47 Å². The van der Waals surface area contributed by atoms with Crippen LogP contribution in [0.15, 0.2) is 77.2 Å². The molecule has 2 N–H and O–H groups in total. The Kier molecular flexibility index (Phi) is 8.31. The fourth-order valence-electron chi connectivity index (χ4n) is 3.39. The molecule has 7 nitrogen and oxygen atoms in total. The van der Waals surface area contributed by atoms with Crippen LogP contribution in [0.25, 0.3) is 11.3 Å². The normalized spacial score (nSPS) is 10.9. The Morgan fingerprint density at radius 1 is 0.972 bits per heavy atom. The van der Waals surface area contributed by atoms with Crippen molar-refractivity contribution in [1.82, 2.24) is 10.4 Å². The zero-order valence-electron chi connectivity index (χ0n) is 20.4. The highest BCUT2D eigenvalue weighted by Crippen LogP contribution is 2.29. The van der Waals surface area contributed by atoms with Crippen LogP contribution in [0.2, 0.25) is 0 Å². The third-order valence-electron chi connectivity index (χ3n) is 5.20. The largest absolute Gasteiger partial charge is 0.490 e. The molecule has 4 rings (SSSR count).